The molecule has 2 saturated carbocycles. The minimum Gasteiger partial charge on any atom is -0.0830 e. The van der Waals surface area contributed by atoms with E-state index >= 15 is 0 Å². The van der Waals surface area contributed by atoms with Gasteiger partial charge in [-0.05, 0) is 47.4 Å². The molecule has 8 bridgehead atoms. The molecule has 0 amide bonds. The zero-order valence-electron chi connectivity index (χ0n) is 12.6. The molecule has 0 N–H and O–H groups in total. The van der Waals surface area contributed by atoms with Crippen LogP contribution in [0.4, 0.5) is 0 Å². The van der Waals surface area contributed by atoms with Crippen LogP contribution in [0.3, 0.4) is 0 Å². The topological polar surface area (TPSA) is 0 Å². The van der Waals surface area contributed by atoms with Gasteiger partial charge >= 0.3 is 0 Å². The van der Waals surface area contributed by atoms with Crippen molar-refractivity contribution in [1.29, 1.82) is 0 Å². The zero-order chi connectivity index (χ0) is 15.9. The monoisotopic (exact) mass is 296 g/mol. The Kier molecular flexibility index (Phi) is 2.70. The Morgan fingerprint density at radius 2 is 0.333 bits per heavy atom. The van der Waals surface area contributed by atoms with Crippen LogP contribution < -0.4 is 0 Å². The van der Waals surface area contributed by atoms with E-state index in [0.717, 1.165) is 0 Å². The summed E-state index contributed by atoms with van der Waals surface area (Å²) in [5.41, 5.74) is 0. The summed E-state index contributed by atoms with van der Waals surface area (Å²) in [6.45, 7) is 0. The predicted molar refractivity (Wildman–Crippen MR) is 90.1 cm³/mol. The highest BCUT2D eigenvalue weighted by molar-refractivity contribution is 5.48. The molecule has 6 aliphatic rings. The number of fused-ring (bicyclic) bond motifs is 4. The summed E-state index contributed by atoms with van der Waals surface area (Å²) in [7, 11) is 0. The van der Waals surface area contributed by atoms with Crippen LogP contribution in [0.25, 0.3) is 0 Å². The summed E-state index contributed by atoms with van der Waals surface area (Å²) >= 11 is 0. The van der Waals surface area contributed by atoms with Crippen LogP contribution in [0.15, 0.2) is 0 Å². The minimum atomic E-state index is 0.0534. The van der Waals surface area contributed by atoms with Crippen LogP contribution in [0.1, 0.15) is 0 Å². The summed E-state index contributed by atoms with van der Waals surface area (Å²) in [6.07, 6.45) is 0. The van der Waals surface area contributed by atoms with Gasteiger partial charge in [-0.2, -0.15) is 0 Å². The van der Waals surface area contributed by atoms with Crippen molar-refractivity contribution in [3.8, 4) is 94.7 Å². The lowest BCUT2D eigenvalue weighted by Gasteiger charge is -2.42. The third-order valence-electron chi connectivity index (χ3n) is 5.26. The summed E-state index contributed by atoms with van der Waals surface area (Å²) < 4.78 is 0. The molecule has 0 aliphatic heterocycles. The largest absolute Gasteiger partial charge is 0.0830 e. The lowest BCUT2D eigenvalue weighted by molar-refractivity contribution is 0.157. The van der Waals surface area contributed by atoms with Crippen molar-refractivity contribution in [2.24, 2.45) is 47.3 Å². The van der Waals surface area contributed by atoms with Gasteiger partial charge in [0, 0.05) is 0 Å². The highest BCUT2D eigenvalue weighted by atomic mass is 14.5. The first-order valence-corrected chi connectivity index (χ1v) is 7.98. The molecule has 0 heteroatoms. The fraction of sp³-hybridized carbons (Fsp3) is 0.333. The molecule has 104 valence electrons. The molecule has 0 atom stereocenters. The van der Waals surface area contributed by atoms with E-state index in [2.05, 4.69) is 94.7 Å². The average molecular weight is 296 g/mol. The first-order valence-electron chi connectivity index (χ1n) is 7.98. The second-order valence-electron chi connectivity index (χ2n) is 6.36. The molecule has 0 unspecified atom stereocenters. The zero-order valence-corrected chi connectivity index (χ0v) is 12.6. The lowest BCUT2D eigenvalue weighted by Crippen LogP contribution is -2.45. The third kappa shape index (κ3) is 1.77. The van der Waals surface area contributed by atoms with Gasteiger partial charge in [0.2, 0.25) is 0 Å². The average Bonchev–Trinajstić information content (AvgIpc) is 2.57. The maximum atomic E-state index is 3.26. The molecule has 0 aromatic rings. The Hall–Kier alpha value is -3.52. The Morgan fingerprint density at radius 3 is 0.458 bits per heavy atom. The molecule has 0 aromatic carbocycles. The highest BCUT2D eigenvalue weighted by Gasteiger charge is 2.49. The molecule has 6 rings (SSSR count). The number of hydrogen-bond acceptors (Lipinski definition) is 0. The Labute approximate surface area is 142 Å². The fourth-order valence-corrected chi connectivity index (χ4v) is 3.89. The second kappa shape index (κ2) is 5.00. The molecule has 0 spiro atoms. The van der Waals surface area contributed by atoms with Gasteiger partial charge in [0.05, 0.1) is 47.3 Å². The maximum absolute atomic E-state index is 3.26. The van der Waals surface area contributed by atoms with E-state index in [1.54, 1.807) is 0 Å². The van der Waals surface area contributed by atoms with E-state index < -0.39 is 0 Å². The SMILES string of the molecule is C1#CC2C3C#CC#CC4C(C#C1)C1C#CC#CC2C3C#CC#CC41. The van der Waals surface area contributed by atoms with Crippen LogP contribution in [-0.2, 0) is 0 Å². The van der Waals surface area contributed by atoms with Crippen molar-refractivity contribution in [3.05, 3.63) is 0 Å². The van der Waals surface area contributed by atoms with Gasteiger partial charge in [0.1, 0.15) is 0 Å². The van der Waals surface area contributed by atoms with Gasteiger partial charge in [0.25, 0.3) is 0 Å². The van der Waals surface area contributed by atoms with Gasteiger partial charge in [-0.25, -0.2) is 0 Å². The van der Waals surface area contributed by atoms with Gasteiger partial charge in [0.15, 0.2) is 0 Å². The summed E-state index contributed by atoms with van der Waals surface area (Å²) in [4.78, 5) is 0. The first kappa shape index (κ1) is 13.0. The number of hydrogen-bond donors (Lipinski definition) is 0. The van der Waals surface area contributed by atoms with Gasteiger partial charge in [-0.1, -0.05) is 47.4 Å². The highest BCUT2D eigenvalue weighted by Crippen LogP contribution is 2.46. The second-order valence-corrected chi connectivity index (χ2v) is 6.36. The van der Waals surface area contributed by atoms with E-state index in [1.165, 1.54) is 0 Å². The third-order valence-corrected chi connectivity index (χ3v) is 5.26. The van der Waals surface area contributed by atoms with Crippen LogP contribution in [0.5, 0.6) is 0 Å². The predicted octanol–water partition coefficient (Wildman–Crippen LogP) is 1.01. The lowest BCUT2D eigenvalue weighted by atomic mass is 9.56. The molecule has 0 radical (unpaired) electrons. The first-order chi connectivity index (χ1) is 11.9. The molecule has 2 fully saturated rings. The smallest absolute Gasteiger partial charge is 0.0514 e. The van der Waals surface area contributed by atoms with Crippen LogP contribution >= 0.6 is 0 Å². The van der Waals surface area contributed by atoms with E-state index in [4.69, 9.17) is 0 Å². The van der Waals surface area contributed by atoms with Crippen molar-refractivity contribution < 1.29 is 0 Å². The van der Waals surface area contributed by atoms with Crippen molar-refractivity contribution in [2.45, 2.75) is 0 Å². The number of rotatable bonds is 0. The molecular formula is C24H8. The standard InChI is InChI=1S/C24H8/c1-2-10-18-21-13-5-3-11-19-17(9-1)20-12-4-6-14-22(18)24(21)16-8-7-15-23(19)20/h17-24H. The van der Waals surface area contributed by atoms with E-state index in [9.17, 15) is 0 Å². The molecule has 0 heterocycles. The Bertz CT molecular complexity index is 846. The normalized spacial score (nSPS) is 41.3. The quantitative estimate of drug-likeness (QED) is 0.585. The van der Waals surface area contributed by atoms with E-state index in [0.29, 0.717) is 0 Å². The Balaban J connectivity index is 1.80. The summed E-state index contributed by atoms with van der Waals surface area (Å²) in [5, 5.41) is 0. The molecule has 6 aliphatic carbocycles. The molecule has 0 aromatic heterocycles. The molecule has 0 saturated heterocycles. The van der Waals surface area contributed by atoms with Crippen LogP contribution in [0.2, 0.25) is 0 Å². The minimum absolute atomic E-state index is 0.0534. The fourth-order valence-electron chi connectivity index (χ4n) is 3.89. The molecule has 0 nitrogen and oxygen atoms in total. The van der Waals surface area contributed by atoms with Gasteiger partial charge < -0.3 is 0 Å². The van der Waals surface area contributed by atoms with Crippen LogP contribution in [0, 0.1) is 142 Å². The van der Waals surface area contributed by atoms with E-state index in [1.807, 2.05) is 0 Å². The van der Waals surface area contributed by atoms with Gasteiger partial charge in [-0.15, -0.1) is 0 Å². The van der Waals surface area contributed by atoms with Crippen molar-refractivity contribution in [1.82, 2.24) is 0 Å². The Morgan fingerprint density at radius 1 is 0.208 bits per heavy atom. The summed E-state index contributed by atoms with van der Waals surface area (Å²) in [5.74, 6) is 50.7. The molecule has 24 heavy (non-hydrogen) atoms. The van der Waals surface area contributed by atoms with E-state index in [-0.39, 0.29) is 47.3 Å². The van der Waals surface area contributed by atoms with Gasteiger partial charge in [-0.3, -0.25) is 0 Å². The van der Waals surface area contributed by atoms with Crippen LogP contribution in [-0.4, -0.2) is 0 Å². The molecular weight excluding hydrogens is 288 g/mol. The van der Waals surface area contributed by atoms with Crippen molar-refractivity contribution in [2.75, 3.05) is 0 Å². The maximum Gasteiger partial charge on any atom is 0.0514 e. The summed E-state index contributed by atoms with van der Waals surface area (Å²) in [6, 6.07) is 0. The van der Waals surface area contributed by atoms with Crippen molar-refractivity contribution >= 4 is 0 Å². The van der Waals surface area contributed by atoms with Crippen molar-refractivity contribution in [3.63, 3.8) is 0 Å².